The van der Waals surface area contributed by atoms with Crippen molar-refractivity contribution in [3.05, 3.63) is 29.3 Å². The summed E-state index contributed by atoms with van der Waals surface area (Å²) in [6.45, 7) is 10.8. The fourth-order valence-electron chi connectivity index (χ4n) is 3.07. The third kappa shape index (κ3) is 4.23. The smallest absolute Gasteiger partial charge is 0.308 e. The number of carboxylic acid groups (broad SMARTS) is 1. The number of carbonyl (C=O) groups is 1. The van der Waals surface area contributed by atoms with E-state index in [2.05, 4.69) is 41.8 Å². The maximum Gasteiger partial charge on any atom is 0.308 e. The van der Waals surface area contributed by atoms with Crippen LogP contribution in [0, 0.1) is 19.8 Å². The van der Waals surface area contributed by atoms with Gasteiger partial charge in [-0.25, -0.2) is 0 Å². The molecule has 0 spiro atoms. The summed E-state index contributed by atoms with van der Waals surface area (Å²) in [7, 11) is 0. The molecule has 1 aliphatic rings. The lowest BCUT2D eigenvalue weighted by atomic mass is 10.1. The summed E-state index contributed by atoms with van der Waals surface area (Å²) in [5.41, 5.74) is 3.68. The molecule has 4 nitrogen and oxygen atoms in total. The van der Waals surface area contributed by atoms with Gasteiger partial charge in [0.25, 0.3) is 0 Å². The minimum atomic E-state index is -0.725. The summed E-state index contributed by atoms with van der Waals surface area (Å²) in [6, 6.07) is 6.28. The van der Waals surface area contributed by atoms with Crippen molar-refractivity contribution in [3.8, 4) is 0 Å². The normalized spacial score (nSPS) is 16.7. The zero-order valence-corrected chi connectivity index (χ0v) is 14.0. The van der Waals surface area contributed by atoms with Crippen molar-refractivity contribution in [1.82, 2.24) is 4.90 Å². The van der Waals surface area contributed by atoms with E-state index in [0.717, 1.165) is 13.1 Å². The molecule has 1 aliphatic heterocycles. The zero-order valence-electron chi connectivity index (χ0n) is 14.0. The number of nitrogens with zero attached hydrogens (tertiary/aromatic N) is 2. The van der Waals surface area contributed by atoms with Gasteiger partial charge in [-0.05, 0) is 57.0 Å². The summed E-state index contributed by atoms with van der Waals surface area (Å²) < 4.78 is 0. The van der Waals surface area contributed by atoms with Crippen LogP contribution in [-0.2, 0) is 4.79 Å². The lowest BCUT2D eigenvalue weighted by Gasteiger charge is -2.30. The Bertz CT molecular complexity index is 510. The molecule has 0 amide bonds. The molecular formula is C18H28N2O2. The van der Waals surface area contributed by atoms with Gasteiger partial charge in [0.2, 0.25) is 0 Å². The Kier molecular flexibility index (Phi) is 5.83. The number of rotatable bonds is 7. The van der Waals surface area contributed by atoms with Crippen LogP contribution in [0.3, 0.4) is 0 Å². The van der Waals surface area contributed by atoms with Gasteiger partial charge >= 0.3 is 5.97 Å². The maximum absolute atomic E-state index is 11.2. The molecule has 0 radical (unpaired) electrons. The molecule has 0 bridgehead atoms. The number of aryl methyl sites for hydroxylation is 1. The Morgan fingerprint density at radius 1 is 1.32 bits per heavy atom. The van der Waals surface area contributed by atoms with Crippen LogP contribution < -0.4 is 4.90 Å². The molecule has 0 aromatic heterocycles. The van der Waals surface area contributed by atoms with E-state index in [1.165, 1.54) is 42.7 Å². The number of anilines is 1. The molecule has 22 heavy (non-hydrogen) atoms. The molecular weight excluding hydrogens is 276 g/mol. The number of benzene rings is 1. The quantitative estimate of drug-likeness (QED) is 0.841. The molecule has 1 aromatic carbocycles. The third-order valence-corrected chi connectivity index (χ3v) is 4.72. The van der Waals surface area contributed by atoms with Gasteiger partial charge in [-0.15, -0.1) is 0 Å². The van der Waals surface area contributed by atoms with Crippen molar-refractivity contribution in [2.75, 3.05) is 37.6 Å². The predicted octanol–water partition coefficient (Wildman–Crippen LogP) is 2.93. The number of hydrogen-bond donors (Lipinski definition) is 1. The van der Waals surface area contributed by atoms with E-state index in [1.807, 2.05) is 0 Å². The van der Waals surface area contributed by atoms with Gasteiger partial charge in [0, 0.05) is 25.3 Å². The van der Waals surface area contributed by atoms with Crippen molar-refractivity contribution in [3.63, 3.8) is 0 Å². The zero-order chi connectivity index (χ0) is 16.1. The first-order valence-corrected chi connectivity index (χ1v) is 8.25. The van der Waals surface area contributed by atoms with Gasteiger partial charge in [-0.2, -0.15) is 0 Å². The lowest BCUT2D eigenvalue weighted by molar-refractivity contribution is -0.140. The molecule has 4 heteroatoms. The van der Waals surface area contributed by atoms with Gasteiger partial charge in [-0.1, -0.05) is 19.1 Å². The Morgan fingerprint density at radius 2 is 2.00 bits per heavy atom. The fraction of sp³-hybridized carbons (Fsp3) is 0.611. The van der Waals surface area contributed by atoms with E-state index >= 15 is 0 Å². The molecule has 1 unspecified atom stereocenters. The first-order chi connectivity index (χ1) is 10.5. The summed E-state index contributed by atoms with van der Waals surface area (Å²) in [6.07, 6.45) is 2.57. The second kappa shape index (κ2) is 7.63. The summed E-state index contributed by atoms with van der Waals surface area (Å²) in [4.78, 5) is 16.0. The third-order valence-electron chi connectivity index (χ3n) is 4.72. The standard InChI is InChI=1S/C18H28N2O2/c1-14-7-6-8-17(16(14)3)20(13-15(2)18(21)22)12-11-19-9-4-5-10-19/h6-8,15H,4-5,9-13H2,1-3H3,(H,21,22). The van der Waals surface area contributed by atoms with Crippen LogP contribution in [0.1, 0.15) is 30.9 Å². The number of aliphatic carboxylic acids is 1. The van der Waals surface area contributed by atoms with E-state index < -0.39 is 5.97 Å². The van der Waals surface area contributed by atoms with Crippen molar-refractivity contribution < 1.29 is 9.90 Å². The molecule has 1 atom stereocenters. The van der Waals surface area contributed by atoms with E-state index in [1.54, 1.807) is 6.92 Å². The van der Waals surface area contributed by atoms with Gasteiger partial charge in [0.15, 0.2) is 0 Å². The van der Waals surface area contributed by atoms with Crippen LogP contribution in [0.5, 0.6) is 0 Å². The van der Waals surface area contributed by atoms with Crippen molar-refractivity contribution in [2.24, 2.45) is 5.92 Å². The summed E-state index contributed by atoms with van der Waals surface area (Å²) in [5, 5.41) is 9.24. The second-order valence-electron chi connectivity index (χ2n) is 6.45. The molecule has 122 valence electrons. The number of likely N-dealkylation sites (tertiary alicyclic amines) is 1. The molecule has 2 rings (SSSR count). The van der Waals surface area contributed by atoms with Crippen LogP contribution in [0.15, 0.2) is 18.2 Å². The molecule has 1 fully saturated rings. The van der Waals surface area contributed by atoms with Crippen LogP contribution in [0.2, 0.25) is 0 Å². The highest BCUT2D eigenvalue weighted by Gasteiger charge is 2.20. The molecule has 0 saturated carbocycles. The topological polar surface area (TPSA) is 43.8 Å². The first-order valence-electron chi connectivity index (χ1n) is 8.25. The SMILES string of the molecule is Cc1cccc(N(CCN2CCCC2)CC(C)C(=O)O)c1C. The van der Waals surface area contributed by atoms with Gasteiger partial charge < -0.3 is 14.9 Å². The van der Waals surface area contributed by atoms with Crippen molar-refractivity contribution >= 4 is 11.7 Å². The Hall–Kier alpha value is -1.55. The Morgan fingerprint density at radius 3 is 2.64 bits per heavy atom. The molecule has 1 saturated heterocycles. The lowest BCUT2D eigenvalue weighted by Crippen LogP contribution is -2.38. The molecule has 0 aliphatic carbocycles. The minimum Gasteiger partial charge on any atom is -0.481 e. The van der Waals surface area contributed by atoms with Crippen LogP contribution in [0.25, 0.3) is 0 Å². The van der Waals surface area contributed by atoms with E-state index in [0.29, 0.717) is 6.54 Å². The van der Waals surface area contributed by atoms with E-state index in [9.17, 15) is 9.90 Å². The van der Waals surface area contributed by atoms with Crippen molar-refractivity contribution in [2.45, 2.75) is 33.6 Å². The molecule has 1 N–H and O–H groups in total. The predicted molar refractivity (Wildman–Crippen MR) is 90.6 cm³/mol. The second-order valence-corrected chi connectivity index (χ2v) is 6.45. The maximum atomic E-state index is 11.2. The van der Waals surface area contributed by atoms with Crippen LogP contribution in [0.4, 0.5) is 5.69 Å². The highest BCUT2D eigenvalue weighted by Crippen LogP contribution is 2.24. The van der Waals surface area contributed by atoms with Gasteiger partial charge in [-0.3, -0.25) is 4.79 Å². The van der Waals surface area contributed by atoms with Crippen LogP contribution >= 0.6 is 0 Å². The Balaban J connectivity index is 2.12. The summed E-state index contributed by atoms with van der Waals surface area (Å²) in [5.74, 6) is -1.09. The number of carboxylic acids is 1. The highest BCUT2D eigenvalue weighted by atomic mass is 16.4. The highest BCUT2D eigenvalue weighted by molar-refractivity contribution is 5.70. The molecule has 1 heterocycles. The monoisotopic (exact) mass is 304 g/mol. The molecule has 1 aromatic rings. The average molecular weight is 304 g/mol. The minimum absolute atomic E-state index is 0.363. The van der Waals surface area contributed by atoms with Gasteiger partial charge in [0.1, 0.15) is 0 Å². The largest absolute Gasteiger partial charge is 0.481 e. The van der Waals surface area contributed by atoms with E-state index in [-0.39, 0.29) is 5.92 Å². The fourth-order valence-corrected chi connectivity index (χ4v) is 3.07. The van der Waals surface area contributed by atoms with E-state index in [4.69, 9.17) is 0 Å². The van der Waals surface area contributed by atoms with Crippen molar-refractivity contribution in [1.29, 1.82) is 0 Å². The average Bonchev–Trinajstić information content (AvgIpc) is 2.99. The number of hydrogen-bond acceptors (Lipinski definition) is 3. The first kappa shape index (κ1) is 16.8. The van der Waals surface area contributed by atoms with Gasteiger partial charge in [0.05, 0.1) is 5.92 Å². The summed E-state index contributed by atoms with van der Waals surface area (Å²) >= 11 is 0. The Labute approximate surface area is 133 Å². The van der Waals surface area contributed by atoms with Crippen LogP contribution in [-0.4, -0.2) is 48.7 Å².